The third kappa shape index (κ3) is 11.8. The van der Waals surface area contributed by atoms with Crippen molar-refractivity contribution in [2.24, 2.45) is 5.41 Å². The van der Waals surface area contributed by atoms with Crippen molar-refractivity contribution in [2.75, 3.05) is 32.9 Å². The van der Waals surface area contributed by atoms with E-state index >= 15 is 0 Å². The highest BCUT2D eigenvalue weighted by Gasteiger charge is 2.45. The molecular formula is C50H62F2N6O6S. The number of aromatic nitrogens is 2. The highest BCUT2D eigenvalue weighted by atomic mass is 32.1. The number of nitrogens with zero attached hydrogens (tertiary/aromatic N) is 4. The molecule has 3 aliphatic rings. The largest absolute Gasteiger partial charge is 0.492 e. The predicted molar refractivity (Wildman–Crippen MR) is 247 cm³/mol. The Balaban J connectivity index is 0.812. The SMILES string of the molecule is Cc1ncsc1-c1ccc(CNC(=O)[C@@H]2C[C@@H](O)CN2C(=O)[C@@H](NC(=O)COCCCCCCOc2ccc([C@@H]3C4=C(C[C@@H](C)N3CC(F)F)c3ccccc3C4)nc2)C(C)(C)C)cc1. The van der Waals surface area contributed by atoms with Gasteiger partial charge in [-0.15, -0.1) is 11.3 Å². The minimum Gasteiger partial charge on any atom is -0.492 e. The van der Waals surface area contributed by atoms with E-state index in [4.69, 9.17) is 14.5 Å². The molecule has 1 saturated heterocycles. The van der Waals surface area contributed by atoms with Crippen molar-refractivity contribution in [2.45, 2.75) is 123 Å². The summed E-state index contributed by atoms with van der Waals surface area (Å²) in [6.07, 6.45) is 3.25. The Bertz CT molecular complexity index is 2300. The third-order valence-corrected chi connectivity index (χ3v) is 13.6. The lowest BCUT2D eigenvalue weighted by molar-refractivity contribution is -0.144. The first-order chi connectivity index (χ1) is 31.2. The topological polar surface area (TPSA) is 146 Å². The number of benzene rings is 2. The van der Waals surface area contributed by atoms with Crippen molar-refractivity contribution in [3.05, 3.63) is 106 Å². The number of nitrogens with one attached hydrogen (secondary N) is 2. The number of carbonyl (C=O) groups is 3. The van der Waals surface area contributed by atoms with E-state index in [1.165, 1.54) is 21.6 Å². The van der Waals surface area contributed by atoms with E-state index in [-0.39, 0.29) is 50.7 Å². The van der Waals surface area contributed by atoms with E-state index in [1.807, 2.05) is 93.6 Å². The molecule has 1 fully saturated rings. The summed E-state index contributed by atoms with van der Waals surface area (Å²) >= 11 is 1.57. The van der Waals surface area contributed by atoms with Crippen LogP contribution >= 0.6 is 11.3 Å². The maximum Gasteiger partial charge on any atom is 0.251 e. The second-order valence-corrected chi connectivity index (χ2v) is 19.4. The molecule has 4 heterocycles. The van der Waals surface area contributed by atoms with Crippen LogP contribution in [0.15, 0.2) is 77.9 Å². The molecule has 7 rings (SSSR count). The summed E-state index contributed by atoms with van der Waals surface area (Å²) < 4.78 is 39.3. The standard InChI is InChI=1S/C50H62F2N6O6S/c1-31-22-39-38-13-9-8-12-35(38)23-40(39)45(57(31)28-43(51)52)41-19-18-37(26-53-41)64-21-11-7-6-10-20-63-29-44(60)56-47(50(3,4)5)49(62)58-27-36(59)24-42(58)48(61)54-25-33-14-16-34(17-15-33)46-32(2)55-30-65-46/h8-9,12-19,26,30-31,36,42-43,45,47,59H,6-7,10-11,20-25,27-29H2,1-5H3,(H,54,61)(H,56,60)/t31-,36-,42+,45+,47-/m1/s1. The molecule has 65 heavy (non-hydrogen) atoms. The smallest absolute Gasteiger partial charge is 0.251 e. The predicted octanol–water partition coefficient (Wildman–Crippen LogP) is 7.69. The van der Waals surface area contributed by atoms with Gasteiger partial charge in [0.1, 0.15) is 24.4 Å². The number of rotatable bonds is 19. The second-order valence-electron chi connectivity index (χ2n) is 18.6. The molecule has 1 aliphatic carbocycles. The van der Waals surface area contributed by atoms with Crippen LogP contribution in [-0.4, -0.2) is 106 Å². The number of aryl methyl sites for hydroxylation is 1. The Hall–Kier alpha value is -5.09. The maximum atomic E-state index is 14.0. The zero-order chi connectivity index (χ0) is 46.3. The maximum absolute atomic E-state index is 14.0. The van der Waals surface area contributed by atoms with Gasteiger partial charge in [0.15, 0.2) is 0 Å². The summed E-state index contributed by atoms with van der Waals surface area (Å²) in [6, 6.07) is 17.8. The van der Waals surface area contributed by atoms with Gasteiger partial charge in [0, 0.05) is 32.2 Å². The fourth-order valence-electron chi connectivity index (χ4n) is 9.25. The summed E-state index contributed by atoms with van der Waals surface area (Å²) in [7, 11) is 0. The number of halogens is 2. The average molecular weight is 913 g/mol. The first-order valence-corrected chi connectivity index (χ1v) is 23.6. The number of hydrogen-bond acceptors (Lipinski definition) is 10. The van der Waals surface area contributed by atoms with Crippen LogP contribution in [0.4, 0.5) is 8.78 Å². The van der Waals surface area contributed by atoms with Gasteiger partial charge in [-0.1, -0.05) is 75.7 Å². The molecule has 5 atom stereocenters. The molecule has 348 valence electrons. The minimum atomic E-state index is -2.45. The number of amides is 3. The molecule has 12 nitrogen and oxygen atoms in total. The number of aliphatic hydroxyl groups excluding tert-OH is 1. The quantitative estimate of drug-likeness (QED) is 0.0807. The Kier molecular flexibility index (Phi) is 15.8. The van der Waals surface area contributed by atoms with E-state index in [9.17, 15) is 28.3 Å². The van der Waals surface area contributed by atoms with Gasteiger partial charge in [0.05, 0.1) is 53.3 Å². The summed E-state index contributed by atoms with van der Waals surface area (Å²) in [5.74, 6) is -0.600. The number of ether oxygens (including phenoxy) is 2. The number of pyridine rings is 1. The number of fused-ring (bicyclic) bond motifs is 2. The van der Waals surface area contributed by atoms with Crippen molar-refractivity contribution >= 4 is 34.6 Å². The number of thiazole rings is 1. The number of alkyl halides is 2. The molecule has 3 N–H and O–H groups in total. The van der Waals surface area contributed by atoms with Gasteiger partial charge in [-0.3, -0.25) is 24.3 Å². The molecule has 2 aromatic heterocycles. The lowest BCUT2D eigenvalue weighted by atomic mass is 9.85. The van der Waals surface area contributed by atoms with E-state index in [0.29, 0.717) is 19.0 Å². The first-order valence-electron chi connectivity index (χ1n) is 22.7. The van der Waals surface area contributed by atoms with Crippen LogP contribution in [0, 0.1) is 12.3 Å². The fraction of sp³-hybridized carbons (Fsp3) is 0.500. The van der Waals surface area contributed by atoms with Crippen LogP contribution in [0.1, 0.15) is 100 Å². The Morgan fingerprint density at radius 2 is 1.74 bits per heavy atom. The highest BCUT2D eigenvalue weighted by Crippen LogP contribution is 2.48. The third-order valence-electron chi connectivity index (χ3n) is 12.6. The van der Waals surface area contributed by atoms with Crippen LogP contribution in [0.25, 0.3) is 16.0 Å². The molecule has 2 aromatic carbocycles. The summed E-state index contributed by atoms with van der Waals surface area (Å²) in [4.78, 5) is 53.9. The van der Waals surface area contributed by atoms with Gasteiger partial charge >= 0.3 is 0 Å². The summed E-state index contributed by atoms with van der Waals surface area (Å²) in [5.41, 5.74) is 9.67. The van der Waals surface area contributed by atoms with Crippen molar-refractivity contribution in [3.63, 3.8) is 0 Å². The number of carbonyl (C=O) groups excluding carboxylic acids is 3. The van der Waals surface area contributed by atoms with E-state index < -0.39 is 41.8 Å². The zero-order valence-corrected chi connectivity index (χ0v) is 38.8. The van der Waals surface area contributed by atoms with Gasteiger partial charge in [-0.25, -0.2) is 13.8 Å². The van der Waals surface area contributed by atoms with Crippen LogP contribution in [0.3, 0.4) is 0 Å². The second kappa shape index (κ2) is 21.5. The lowest BCUT2D eigenvalue weighted by Gasteiger charge is -2.41. The monoisotopic (exact) mass is 912 g/mol. The molecule has 2 aliphatic heterocycles. The Labute approximate surface area is 384 Å². The van der Waals surface area contributed by atoms with Gasteiger partial charge in [-0.05, 0) is 96.9 Å². The number of aliphatic hydroxyl groups is 1. The summed E-state index contributed by atoms with van der Waals surface area (Å²) in [6.45, 7) is 10.1. The molecule has 4 aromatic rings. The van der Waals surface area contributed by atoms with Gasteiger partial charge in [0.2, 0.25) is 17.7 Å². The number of likely N-dealkylation sites (tertiary alicyclic amines) is 1. The number of hydrogen-bond donors (Lipinski definition) is 3. The van der Waals surface area contributed by atoms with Crippen molar-refractivity contribution in [1.82, 2.24) is 30.4 Å². The van der Waals surface area contributed by atoms with Gasteiger partial charge in [-0.2, -0.15) is 0 Å². The number of β-amino-alcohol motifs (C(OH)–C–C–N with tert-alkyl or cyclic N) is 1. The molecule has 0 saturated carbocycles. The van der Waals surface area contributed by atoms with E-state index in [0.717, 1.165) is 71.5 Å². The highest BCUT2D eigenvalue weighted by molar-refractivity contribution is 7.13. The Morgan fingerprint density at radius 3 is 2.43 bits per heavy atom. The van der Waals surface area contributed by atoms with Crippen molar-refractivity contribution in [3.8, 4) is 16.2 Å². The number of unbranched alkanes of at least 4 members (excludes halogenated alkanes) is 3. The molecule has 0 bridgehead atoms. The van der Waals surface area contributed by atoms with Crippen LogP contribution in [-0.2, 0) is 32.1 Å². The van der Waals surface area contributed by atoms with E-state index in [2.05, 4.69) is 27.8 Å². The first kappa shape index (κ1) is 47.9. The van der Waals surface area contributed by atoms with Crippen LogP contribution in [0.5, 0.6) is 5.75 Å². The van der Waals surface area contributed by atoms with Crippen molar-refractivity contribution in [1.29, 1.82) is 0 Å². The van der Waals surface area contributed by atoms with Gasteiger partial charge in [0.25, 0.3) is 6.43 Å². The molecular weight excluding hydrogens is 851 g/mol. The molecule has 15 heteroatoms. The Morgan fingerprint density at radius 1 is 0.985 bits per heavy atom. The molecule has 0 radical (unpaired) electrons. The van der Waals surface area contributed by atoms with Crippen LogP contribution < -0.4 is 15.4 Å². The zero-order valence-electron chi connectivity index (χ0n) is 38.0. The molecule has 0 spiro atoms. The normalized spacial score (nSPS) is 20.2. The minimum absolute atomic E-state index is 0.00745. The molecule has 3 amide bonds. The van der Waals surface area contributed by atoms with E-state index in [1.54, 1.807) is 17.5 Å². The van der Waals surface area contributed by atoms with Gasteiger partial charge < -0.3 is 30.1 Å². The van der Waals surface area contributed by atoms with Crippen molar-refractivity contribution < 1.29 is 37.7 Å². The average Bonchev–Trinajstić information content (AvgIpc) is 4.00. The lowest BCUT2D eigenvalue weighted by Crippen LogP contribution is -2.58. The fourth-order valence-corrected chi connectivity index (χ4v) is 10.1. The van der Waals surface area contributed by atoms with Crippen LogP contribution in [0.2, 0.25) is 0 Å². The molecule has 0 unspecified atom stereocenters. The summed E-state index contributed by atoms with van der Waals surface area (Å²) in [5, 5.41) is 16.3.